The molecule has 0 saturated carbocycles. The van der Waals surface area contributed by atoms with E-state index >= 15 is 0 Å². The monoisotopic (exact) mass is 332 g/mol. The van der Waals surface area contributed by atoms with Gasteiger partial charge in [-0.1, -0.05) is 6.07 Å². The largest absolute Gasteiger partial charge is 0.465 e. The molecule has 1 aliphatic heterocycles. The molecule has 0 aromatic carbocycles. The van der Waals surface area contributed by atoms with Crippen LogP contribution in [-0.2, 0) is 19.7 Å². The Hall–Kier alpha value is -1.45. The molecule has 0 radical (unpaired) electrons. The van der Waals surface area contributed by atoms with Crippen LogP contribution in [0.1, 0.15) is 29.4 Å². The quantitative estimate of drug-likeness (QED) is 0.803. The number of amides is 1. The van der Waals surface area contributed by atoms with Crippen molar-refractivity contribution < 1.29 is 22.7 Å². The lowest BCUT2D eigenvalue weighted by Crippen LogP contribution is -2.48. The highest BCUT2D eigenvalue weighted by Crippen LogP contribution is 2.22. The summed E-state index contributed by atoms with van der Waals surface area (Å²) in [7, 11) is -4.06. The molecule has 1 N–H and O–H groups in total. The highest BCUT2D eigenvalue weighted by Gasteiger charge is 2.40. The summed E-state index contributed by atoms with van der Waals surface area (Å²) in [6, 6.07) is 2.32. The minimum absolute atomic E-state index is 0.185. The minimum Gasteiger partial charge on any atom is -0.465 e. The molecule has 1 aliphatic rings. The van der Waals surface area contributed by atoms with Crippen molar-refractivity contribution in [2.24, 2.45) is 0 Å². The van der Waals surface area contributed by atoms with Gasteiger partial charge in [0, 0.05) is 6.54 Å². The summed E-state index contributed by atoms with van der Waals surface area (Å²) < 4.78 is 32.4. The lowest BCUT2D eigenvalue weighted by molar-refractivity contribution is -0.146. The molecule has 1 aromatic heterocycles. The van der Waals surface area contributed by atoms with Crippen LogP contribution < -0.4 is 4.72 Å². The third kappa shape index (κ3) is 3.60. The second kappa shape index (κ2) is 6.54. The van der Waals surface area contributed by atoms with Gasteiger partial charge in [0.1, 0.15) is 6.04 Å². The fourth-order valence-electron chi connectivity index (χ4n) is 2.14. The maximum absolute atomic E-state index is 12.2. The summed E-state index contributed by atoms with van der Waals surface area (Å²) in [5.74, 6) is -1.27. The van der Waals surface area contributed by atoms with Crippen molar-refractivity contribution in [2.45, 2.75) is 25.8 Å². The van der Waals surface area contributed by atoms with E-state index in [1.165, 1.54) is 6.07 Å². The van der Waals surface area contributed by atoms with Gasteiger partial charge in [-0.15, -0.1) is 11.3 Å². The zero-order valence-electron chi connectivity index (χ0n) is 11.4. The highest BCUT2D eigenvalue weighted by molar-refractivity contribution is 7.87. The van der Waals surface area contributed by atoms with Crippen LogP contribution >= 0.6 is 11.3 Å². The average Bonchev–Trinajstić information content (AvgIpc) is 3.10. The van der Waals surface area contributed by atoms with Crippen LogP contribution in [0.15, 0.2) is 17.5 Å². The average molecular weight is 332 g/mol. The normalized spacial score (nSPS) is 19.4. The van der Waals surface area contributed by atoms with Crippen molar-refractivity contribution in [3.8, 4) is 0 Å². The van der Waals surface area contributed by atoms with Crippen molar-refractivity contribution >= 4 is 33.4 Å². The third-order valence-electron chi connectivity index (χ3n) is 3.04. The van der Waals surface area contributed by atoms with E-state index in [1.54, 1.807) is 18.4 Å². The van der Waals surface area contributed by atoms with Gasteiger partial charge in [0.05, 0.1) is 11.5 Å². The Labute approximate surface area is 127 Å². The van der Waals surface area contributed by atoms with Crippen molar-refractivity contribution in [3.05, 3.63) is 22.4 Å². The number of carbonyl (C=O) groups excluding carboxylic acids is 2. The first kappa shape index (κ1) is 15.9. The lowest BCUT2D eigenvalue weighted by Gasteiger charge is -2.22. The molecule has 1 amide bonds. The van der Waals surface area contributed by atoms with E-state index in [0.717, 1.165) is 15.6 Å². The fourth-order valence-corrected chi connectivity index (χ4v) is 4.18. The number of rotatable bonds is 5. The molecule has 2 rings (SSSR count). The van der Waals surface area contributed by atoms with Gasteiger partial charge in [0.25, 0.3) is 5.91 Å². The molecule has 7 nitrogen and oxygen atoms in total. The summed E-state index contributed by atoms with van der Waals surface area (Å²) in [6.45, 7) is 2.03. The Kier molecular flexibility index (Phi) is 4.96. The van der Waals surface area contributed by atoms with Gasteiger partial charge in [-0.3, -0.25) is 9.59 Å². The van der Waals surface area contributed by atoms with E-state index in [9.17, 15) is 18.0 Å². The van der Waals surface area contributed by atoms with Crippen molar-refractivity contribution in [2.75, 3.05) is 13.2 Å². The third-order valence-corrected chi connectivity index (χ3v) is 5.40. The van der Waals surface area contributed by atoms with Gasteiger partial charge in [0.15, 0.2) is 0 Å². The smallest absolute Gasteiger partial charge is 0.324 e. The van der Waals surface area contributed by atoms with Gasteiger partial charge in [-0.05, 0) is 31.2 Å². The Morgan fingerprint density at radius 1 is 1.52 bits per heavy atom. The molecule has 1 aromatic rings. The molecule has 1 fully saturated rings. The number of esters is 1. The van der Waals surface area contributed by atoms with E-state index in [2.05, 4.69) is 0 Å². The molecule has 0 bridgehead atoms. The van der Waals surface area contributed by atoms with Gasteiger partial charge >= 0.3 is 16.2 Å². The maximum Gasteiger partial charge on any atom is 0.324 e. The number of hydrogen-bond acceptors (Lipinski definition) is 6. The molecule has 2 heterocycles. The van der Waals surface area contributed by atoms with E-state index in [4.69, 9.17) is 4.74 Å². The van der Waals surface area contributed by atoms with Crippen LogP contribution in [0.25, 0.3) is 0 Å². The van der Waals surface area contributed by atoms with E-state index in [-0.39, 0.29) is 13.2 Å². The number of nitrogens with zero attached hydrogens (tertiary/aromatic N) is 1. The first-order chi connectivity index (χ1) is 9.95. The predicted molar refractivity (Wildman–Crippen MR) is 77.1 cm³/mol. The summed E-state index contributed by atoms with van der Waals surface area (Å²) >= 11 is 1.14. The lowest BCUT2D eigenvalue weighted by atomic mass is 10.2. The van der Waals surface area contributed by atoms with Crippen LogP contribution in [0.4, 0.5) is 0 Å². The van der Waals surface area contributed by atoms with Crippen LogP contribution in [0.2, 0.25) is 0 Å². The second-order valence-electron chi connectivity index (χ2n) is 4.43. The molecule has 21 heavy (non-hydrogen) atoms. The zero-order valence-corrected chi connectivity index (χ0v) is 13.1. The van der Waals surface area contributed by atoms with Crippen LogP contribution in [0.3, 0.4) is 0 Å². The zero-order chi connectivity index (χ0) is 15.5. The predicted octanol–water partition coefficient (Wildman–Crippen LogP) is 0.750. The molecule has 0 unspecified atom stereocenters. The first-order valence-corrected chi connectivity index (χ1v) is 8.81. The summed E-state index contributed by atoms with van der Waals surface area (Å²) in [5, 5.41) is 1.68. The molecule has 0 aliphatic carbocycles. The van der Waals surface area contributed by atoms with Gasteiger partial charge in [-0.25, -0.2) is 4.72 Å². The summed E-state index contributed by atoms with van der Waals surface area (Å²) in [5.41, 5.74) is 0. The molecule has 1 atom stereocenters. The minimum atomic E-state index is -4.06. The Bertz CT molecular complexity index is 612. The Morgan fingerprint density at radius 2 is 2.29 bits per heavy atom. The Balaban J connectivity index is 2.11. The maximum atomic E-state index is 12.2. The SMILES string of the molecule is CCOC(=O)[C@@H]1CCCN1S(=O)(=O)NC(=O)c1cccs1. The molecule has 9 heteroatoms. The standard InChI is InChI=1S/C12H16N2O5S2/c1-2-19-12(16)9-5-3-7-14(9)21(17,18)13-11(15)10-6-4-8-20-10/h4,6,8-9H,2-3,5,7H2,1H3,(H,13,15)/t9-/m0/s1. The van der Waals surface area contributed by atoms with Crippen molar-refractivity contribution in [1.82, 2.24) is 9.03 Å². The van der Waals surface area contributed by atoms with E-state index in [0.29, 0.717) is 17.7 Å². The second-order valence-corrected chi connectivity index (χ2v) is 7.01. The van der Waals surface area contributed by atoms with Gasteiger partial charge < -0.3 is 4.74 Å². The van der Waals surface area contributed by atoms with Crippen molar-refractivity contribution in [1.29, 1.82) is 0 Å². The van der Waals surface area contributed by atoms with Crippen LogP contribution in [0.5, 0.6) is 0 Å². The van der Waals surface area contributed by atoms with Gasteiger partial charge in [0.2, 0.25) is 0 Å². The molecular weight excluding hydrogens is 316 g/mol. The summed E-state index contributed by atoms with van der Waals surface area (Å²) in [6.07, 6.45) is 0.949. The van der Waals surface area contributed by atoms with E-state index < -0.39 is 28.1 Å². The van der Waals surface area contributed by atoms with Gasteiger partial charge in [-0.2, -0.15) is 12.7 Å². The number of ether oxygens (including phenoxy) is 1. The first-order valence-electron chi connectivity index (χ1n) is 6.49. The fraction of sp³-hybridized carbons (Fsp3) is 0.500. The topological polar surface area (TPSA) is 92.8 Å². The van der Waals surface area contributed by atoms with Crippen LogP contribution in [-0.4, -0.2) is 43.8 Å². The Morgan fingerprint density at radius 3 is 2.90 bits per heavy atom. The number of nitrogens with one attached hydrogen (secondary N) is 1. The van der Waals surface area contributed by atoms with E-state index in [1.807, 2.05) is 4.72 Å². The summed E-state index contributed by atoms with van der Waals surface area (Å²) in [4.78, 5) is 23.9. The van der Waals surface area contributed by atoms with Crippen LogP contribution in [0, 0.1) is 0 Å². The van der Waals surface area contributed by atoms with Crippen molar-refractivity contribution in [3.63, 3.8) is 0 Å². The molecule has 0 spiro atoms. The number of thiophene rings is 1. The number of carbonyl (C=O) groups is 2. The highest BCUT2D eigenvalue weighted by atomic mass is 32.2. The molecule has 1 saturated heterocycles. The molecular formula is C12H16N2O5S2. The number of hydrogen-bond donors (Lipinski definition) is 1. The molecule has 116 valence electrons.